The van der Waals surface area contributed by atoms with Gasteiger partial charge in [-0.15, -0.1) is 11.3 Å². The molecule has 4 nitrogen and oxygen atoms in total. The molecule has 0 fully saturated rings. The molecule has 0 saturated heterocycles. The van der Waals surface area contributed by atoms with E-state index in [1.165, 1.54) is 10.3 Å². The second kappa shape index (κ2) is 3.31. The van der Waals surface area contributed by atoms with E-state index in [-0.39, 0.29) is 0 Å². The zero-order chi connectivity index (χ0) is 11.1. The molecular weight excluding hydrogens is 220 g/mol. The highest BCUT2D eigenvalue weighted by Crippen LogP contribution is 2.29. The lowest BCUT2D eigenvalue weighted by Gasteiger charge is -1.88. The summed E-state index contributed by atoms with van der Waals surface area (Å²) in [6.07, 6.45) is 0. The van der Waals surface area contributed by atoms with Crippen molar-refractivity contribution in [2.24, 2.45) is 0 Å². The third-order valence-electron chi connectivity index (χ3n) is 2.37. The minimum atomic E-state index is 0.491. The van der Waals surface area contributed by atoms with Crippen LogP contribution in [-0.4, -0.2) is 15.2 Å². The number of nitrogens with zero attached hydrogens (tertiary/aromatic N) is 2. The molecule has 0 aliphatic rings. The Morgan fingerprint density at radius 3 is 2.94 bits per heavy atom. The first-order valence-corrected chi connectivity index (χ1v) is 5.72. The number of aryl methyl sites for hydroxylation is 1. The summed E-state index contributed by atoms with van der Waals surface area (Å²) in [7, 11) is 0. The number of H-pyrrole nitrogens is 1. The van der Waals surface area contributed by atoms with Crippen LogP contribution in [0.5, 0.6) is 0 Å². The number of hydrogen-bond donors (Lipinski definition) is 2. The molecule has 3 N–H and O–H groups in total. The molecule has 0 aliphatic carbocycles. The number of nitrogens with two attached hydrogens (primary N) is 1. The Bertz CT molecular complexity index is 653. The van der Waals surface area contributed by atoms with E-state index in [0.717, 1.165) is 16.2 Å². The average molecular weight is 230 g/mol. The van der Waals surface area contributed by atoms with Crippen molar-refractivity contribution in [3.05, 3.63) is 29.8 Å². The minimum Gasteiger partial charge on any atom is -0.382 e. The summed E-state index contributed by atoms with van der Waals surface area (Å²) >= 11 is 1.64. The number of thiazole rings is 1. The third-order valence-corrected chi connectivity index (χ3v) is 3.42. The van der Waals surface area contributed by atoms with Crippen molar-refractivity contribution in [3.63, 3.8) is 0 Å². The van der Waals surface area contributed by atoms with Crippen LogP contribution in [0, 0.1) is 6.92 Å². The molecule has 0 aliphatic heterocycles. The van der Waals surface area contributed by atoms with Crippen LogP contribution in [-0.2, 0) is 0 Å². The maximum atomic E-state index is 5.57. The van der Waals surface area contributed by atoms with Crippen molar-refractivity contribution in [2.75, 3.05) is 5.73 Å². The molecule has 3 aromatic rings. The first-order valence-electron chi connectivity index (χ1n) is 4.91. The maximum absolute atomic E-state index is 5.57. The molecule has 0 unspecified atom stereocenters. The van der Waals surface area contributed by atoms with Crippen LogP contribution in [0.15, 0.2) is 24.3 Å². The number of aromatic amines is 1. The van der Waals surface area contributed by atoms with Crippen molar-refractivity contribution < 1.29 is 0 Å². The Morgan fingerprint density at radius 1 is 1.31 bits per heavy atom. The highest BCUT2D eigenvalue weighted by atomic mass is 32.1. The fourth-order valence-corrected chi connectivity index (χ4v) is 2.62. The molecule has 80 valence electrons. The molecule has 0 radical (unpaired) electrons. The van der Waals surface area contributed by atoms with Gasteiger partial charge in [0.2, 0.25) is 0 Å². The normalized spacial score (nSPS) is 11.1. The lowest BCUT2D eigenvalue weighted by atomic mass is 10.2. The summed E-state index contributed by atoms with van der Waals surface area (Å²) in [4.78, 5) is 4.53. The van der Waals surface area contributed by atoms with E-state index in [2.05, 4.69) is 34.2 Å². The molecule has 1 aromatic carbocycles. The second-order valence-electron chi connectivity index (χ2n) is 3.70. The van der Waals surface area contributed by atoms with Crippen LogP contribution < -0.4 is 5.73 Å². The number of anilines is 1. The molecule has 0 bridgehead atoms. The maximum Gasteiger partial charge on any atom is 0.145 e. The third kappa shape index (κ3) is 1.45. The van der Waals surface area contributed by atoms with Gasteiger partial charge in [0.25, 0.3) is 0 Å². The van der Waals surface area contributed by atoms with E-state index in [4.69, 9.17) is 5.73 Å². The van der Waals surface area contributed by atoms with Gasteiger partial charge in [0.05, 0.1) is 15.9 Å². The Hall–Kier alpha value is -1.88. The van der Waals surface area contributed by atoms with Crippen molar-refractivity contribution in [1.82, 2.24) is 15.2 Å². The molecule has 2 aromatic heterocycles. The molecule has 0 amide bonds. The lowest BCUT2D eigenvalue weighted by molar-refractivity contribution is 1.10. The van der Waals surface area contributed by atoms with Gasteiger partial charge in [0.1, 0.15) is 10.8 Å². The van der Waals surface area contributed by atoms with Crippen LogP contribution in [0.1, 0.15) is 5.56 Å². The number of rotatable bonds is 1. The SMILES string of the molecule is Cc1ccc2nc(-c3cc(N)n[nH]3)sc2c1. The zero-order valence-corrected chi connectivity index (χ0v) is 9.51. The van der Waals surface area contributed by atoms with Crippen LogP contribution in [0.3, 0.4) is 0 Å². The fraction of sp³-hybridized carbons (Fsp3) is 0.0909. The first kappa shape index (κ1) is 9.35. The molecule has 16 heavy (non-hydrogen) atoms. The predicted octanol–water partition coefficient (Wildman–Crippen LogP) is 2.58. The Balaban J connectivity index is 2.18. The van der Waals surface area contributed by atoms with Gasteiger partial charge in [-0.05, 0) is 24.6 Å². The van der Waals surface area contributed by atoms with Crippen LogP contribution in [0.2, 0.25) is 0 Å². The zero-order valence-electron chi connectivity index (χ0n) is 8.69. The van der Waals surface area contributed by atoms with Crippen molar-refractivity contribution in [3.8, 4) is 10.7 Å². The summed E-state index contributed by atoms with van der Waals surface area (Å²) in [5, 5.41) is 7.69. The number of nitrogens with one attached hydrogen (secondary N) is 1. The largest absolute Gasteiger partial charge is 0.382 e. The number of fused-ring (bicyclic) bond motifs is 1. The topological polar surface area (TPSA) is 67.6 Å². The van der Waals surface area contributed by atoms with Gasteiger partial charge in [0.15, 0.2) is 0 Å². The summed E-state index contributed by atoms with van der Waals surface area (Å²) in [6, 6.07) is 8.03. The molecule has 0 saturated carbocycles. The number of aromatic nitrogens is 3. The van der Waals surface area contributed by atoms with Gasteiger partial charge >= 0.3 is 0 Å². The second-order valence-corrected chi connectivity index (χ2v) is 4.73. The molecule has 0 atom stereocenters. The van der Waals surface area contributed by atoms with E-state index in [1.807, 2.05) is 6.07 Å². The first-order chi connectivity index (χ1) is 7.72. The Kier molecular flexibility index (Phi) is 1.94. The van der Waals surface area contributed by atoms with E-state index >= 15 is 0 Å². The molecular formula is C11H10N4S. The molecule has 5 heteroatoms. The smallest absolute Gasteiger partial charge is 0.145 e. The van der Waals surface area contributed by atoms with Crippen molar-refractivity contribution in [2.45, 2.75) is 6.92 Å². The number of hydrogen-bond acceptors (Lipinski definition) is 4. The van der Waals surface area contributed by atoms with E-state index in [1.54, 1.807) is 17.4 Å². The molecule has 0 spiro atoms. The average Bonchev–Trinajstić information content (AvgIpc) is 2.83. The highest BCUT2D eigenvalue weighted by Gasteiger charge is 2.08. The standard InChI is InChI=1S/C11H10N4S/c1-6-2-3-7-9(4-6)16-11(13-7)8-5-10(12)15-14-8/h2-5H,1H3,(H3,12,14,15). The van der Waals surface area contributed by atoms with Gasteiger partial charge in [-0.2, -0.15) is 5.10 Å². The van der Waals surface area contributed by atoms with Crippen molar-refractivity contribution in [1.29, 1.82) is 0 Å². The summed E-state index contributed by atoms with van der Waals surface area (Å²) < 4.78 is 1.18. The van der Waals surface area contributed by atoms with Crippen LogP contribution >= 0.6 is 11.3 Å². The summed E-state index contributed by atoms with van der Waals surface area (Å²) in [6.45, 7) is 2.08. The monoisotopic (exact) mass is 230 g/mol. The Morgan fingerprint density at radius 2 is 2.19 bits per heavy atom. The van der Waals surface area contributed by atoms with E-state index in [0.29, 0.717) is 5.82 Å². The number of benzene rings is 1. The summed E-state index contributed by atoms with van der Waals surface area (Å²) in [5.41, 5.74) is 8.70. The lowest BCUT2D eigenvalue weighted by Crippen LogP contribution is -1.81. The quantitative estimate of drug-likeness (QED) is 0.675. The molecule has 3 rings (SSSR count). The van der Waals surface area contributed by atoms with Crippen LogP contribution in [0.25, 0.3) is 20.9 Å². The summed E-state index contributed by atoms with van der Waals surface area (Å²) in [5.74, 6) is 0.491. The molecule has 2 heterocycles. The van der Waals surface area contributed by atoms with Gasteiger partial charge in [-0.3, -0.25) is 5.10 Å². The number of nitrogen functional groups attached to an aromatic ring is 1. The highest BCUT2D eigenvalue weighted by molar-refractivity contribution is 7.21. The van der Waals surface area contributed by atoms with E-state index < -0.39 is 0 Å². The van der Waals surface area contributed by atoms with Gasteiger partial charge < -0.3 is 5.73 Å². The van der Waals surface area contributed by atoms with Gasteiger partial charge in [-0.25, -0.2) is 4.98 Å². The van der Waals surface area contributed by atoms with Gasteiger partial charge in [-0.1, -0.05) is 6.07 Å². The van der Waals surface area contributed by atoms with E-state index in [9.17, 15) is 0 Å². The fourth-order valence-electron chi connectivity index (χ4n) is 1.59. The predicted molar refractivity (Wildman–Crippen MR) is 66.4 cm³/mol. The van der Waals surface area contributed by atoms with Crippen molar-refractivity contribution >= 4 is 27.4 Å². The Labute approximate surface area is 96.1 Å². The minimum absolute atomic E-state index is 0.491. The van der Waals surface area contributed by atoms with Crippen LogP contribution in [0.4, 0.5) is 5.82 Å². The van der Waals surface area contributed by atoms with Gasteiger partial charge in [0, 0.05) is 6.07 Å².